The molecule has 2 aliphatic rings. The summed E-state index contributed by atoms with van der Waals surface area (Å²) in [5.41, 5.74) is 1.95. The van der Waals surface area contributed by atoms with Crippen LogP contribution in [-0.2, 0) is 19.3 Å². The monoisotopic (exact) mass is 450 g/mol. The van der Waals surface area contributed by atoms with Crippen molar-refractivity contribution in [3.8, 4) is 0 Å². The third-order valence-electron chi connectivity index (χ3n) is 6.89. The molecule has 1 aliphatic carbocycles. The number of piperazine rings is 1. The van der Waals surface area contributed by atoms with Crippen molar-refractivity contribution in [2.75, 3.05) is 43.5 Å². The highest BCUT2D eigenvalue weighted by atomic mass is 19.1. The number of nitrogen functional groups attached to an aromatic ring is 1. The number of pyridine rings is 1. The minimum Gasteiger partial charge on any atom is -0.354 e. The number of alkyl halides is 1. The molecule has 0 amide bonds. The van der Waals surface area contributed by atoms with Crippen LogP contribution in [0, 0.1) is 0 Å². The van der Waals surface area contributed by atoms with Gasteiger partial charge in [0.05, 0.1) is 11.2 Å². The molecular weight excluding hydrogens is 419 g/mol. The van der Waals surface area contributed by atoms with Gasteiger partial charge >= 0.3 is 0 Å². The summed E-state index contributed by atoms with van der Waals surface area (Å²) < 4.78 is 14.8. The van der Waals surface area contributed by atoms with Crippen LogP contribution in [0.3, 0.4) is 0 Å². The molecule has 1 saturated heterocycles. The van der Waals surface area contributed by atoms with Gasteiger partial charge in [0.1, 0.15) is 17.8 Å². The van der Waals surface area contributed by atoms with Gasteiger partial charge in [0, 0.05) is 50.0 Å². The number of aromatic nitrogens is 3. The molecule has 0 spiro atoms. The van der Waals surface area contributed by atoms with E-state index < -0.39 is 6.17 Å². The number of rotatable bonds is 6. The molecule has 174 valence electrons. The van der Waals surface area contributed by atoms with E-state index in [2.05, 4.69) is 39.0 Å². The summed E-state index contributed by atoms with van der Waals surface area (Å²) in [6, 6.07) is 12.5. The van der Waals surface area contributed by atoms with Crippen molar-refractivity contribution >= 4 is 16.7 Å². The van der Waals surface area contributed by atoms with Gasteiger partial charge in [0.2, 0.25) is 0 Å². The Labute approximate surface area is 193 Å². The van der Waals surface area contributed by atoms with Crippen LogP contribution >= 0.6 is 0 Å². The number of unbranched alkanes of at least 4 members (excludes halogenated alkanes) is 1. The van der Waals surface area contributed by atoms with Gasteiger partial charge in [-0.25, -0.2) is 19.0 Å². The third-order valence-corrected chi connectivity index (χ3v) is 6.89. The molecule has 1 unspecified atom stereocenters. The van der Waals surface area contributed by atoms with Crippen molar-refractivity contribution in [3.05, 3.63) is 63.8 Å². The first-order valence-corrected chi connectivity index (χ1v) is 11.9. The quantitative estimate of drug-likeness (QED) is 0.459. The molecule has 2 aromatic heterocycles. The molecule has 1 aromatic carbocycles. The molecule has 5 rings (SSSR count). The lowest BCUT2D eigenvalue weighted by Crippen LogP contribution is -2.46. The number of benzene rings is 1. The predicted molar refractivity (Wildman–Crippen MR) is 129 cm³/mol. The van der Waals surface area contributed by atoms with Gasteiger partial charge in [0.15, 0.2) is 0 Å². The third kappa shape index (κ3) is 4.71. The number of aryl methyl sites for hydroxylation is 2. The number of anilines is 1. The van der Waals surface area contributed by atoms with E-state index >= 15 is 0 Å². The van der Waals surface area contributed by atoms with Gasteiger partial charge in [-0.2, -0.15) is 0 Å². The molecule has 7 nitrogen and oxygen atoms in total. The minimum atomic E-state index is -0.963. The zero-order valence-corrected chi connectivity index (χ0v) is 18.9. The number of halogens is 1. The average Bonchev–Trinajstić information content (AvgIpc) is 2.85. The van der Waals surface area contributed by atoms with E-state index in [0.717, 1.165) is 67.3 Å². The lowest BCUT2D eigenvalue weighted by atomic mass is 9.95. The van der Waals surface area contributed by atoms with Gasteiger partial charge in [-0.15, -0.1) is 0 Å². The second-order valence-corrected chi connectivity index (χ2v) is 9.12. The van der Waals surface area contributed by atoms with E-state index in [-0.39, 0.29) is 12.0 Å². The smallest absolute Gasteiger partial charge is 0.275 e. The van der Waals surface area contributed by atoms with E-state index in [1.54, 1.807) is 0 Å². The van der Waals surface area contributed by atoms with Gasteiger partial charge < -0.3 is 10.7 Å². The van der Waals surface area contributed by atoms with Crippen molar-refractivity contribution in [1.82, 2.24) is 19.5 Å². The molecule has 2 N–H and O–H groups in total. The SMILES string of the molecule is Nn1c(CCCCN2CCN(c3ccc4ccccc4n3)CC2)nc2c(c1=O)CC(F)CC2. The van der Waals surface area contributed by atoms with Crippen molar-refractivity contribution in [2.24, 2.45) is 0 Å². The maximum absolute atomic E-state index is 13.7. The van der Waals surface area contributed by atoms with Gasteiger partial charge in [0.25, 0.3) is 5.56 Å². The summed E-state index contributed by atoms with van der Waals surface area (Å²) in [4.78, 5) is 26.8. The maximum atomic E-state index is 13.7. The second-order valence-electron chi connectivity index (χ2n) is 9.12. The van der Waals surface area contributed by atoms with Gasteiger partial charge in [-0.1, -0.05) is 18.2 Å². The Bertz CT molecular complexity index is 1190. The van der Waals surface area contributed by atoms with Crippen molar-refractivity contribution in [3.63, 3.8) is 0 Å². The molecule has 3 aromatic rings. The Kier molecular flexibility index (Phi) is 6.26. The molecule has 3 heterocycles. The summed E-state index contributed by atoms with van der Waals surface area (Å²) in [6.07, 6.45) is 2.74. The van der Waals surface area contributed by atoms with Crippen molar-refractivity contribution in [2.45, 2.75) is 44.7 Å². The van der Waals surface area contributed by atoms with E-state index in [1.807, 2.05) is 12.1 Å². The number of hydrogen-bond acceptors (Lipinski definition) is 6. The van der Waals surface area contributed by atoms with Crippen LogP contribution in [0.15, 0.2) is 41.2 Å². The first kappa shape index (κ1) is 21.8. The number of hydrogen-bond donors (Lipinski definition) is 1. The summed E-state index contributed by atoms with van der Waals surface area (Å²) in [5.74, 6) is 7.64. The molecule has 1 atom stereocenters. The second kappa shape index (κ2) is 9.47. The maximum Gasteiger partial charge on any atom is 0.275 e. The molecule has 8 heteroatoms. The van der Waals surface area contributed by atoms with E-state index in [4.69, 9.17) is 10.8 Å². The number of fused-ring (bicyclic) bond motifs is 2. The molecule has 0 radical (unpaired) electrons. The highest BCUT2D eigenvalue weighted by molar-refractivity contribution is 5.80. The Morgan fingerprint density at radius 1 is 1.03 bits per heavy atom. The fourth-order valence-electron chi connectivity index (χ4n) is 4.92. The fourth-order valence-corrected chi connectivity index (χ4v) is 4.92. The zero-order chi connectivity index (χ0) is 22.8. The number of nitrogens with zero attached hydrogens (tertiary/aromatic N) is 5. The van der Waals surface area contributed by atoms with Crippen LogP contribution in [-0.4, -0.2) is 58.4 Å². The lowest BCUT2D eigenvalue weighted by Gasteiger charge is -2.35. The Hall–Kier alpha value is -3.00. The topological polar surface area (TPSA) is 80.3 Å². The average molecular weight is 451 g/mol. The minimum absolute atomic E-state index is 0.138. The van der Waals surface area contributed by atoms with Crippen LogP contribution in [0.1, 0.15) is 36.3 Å². The number of nitrogens with two attached hydrogens (primary N) is 1. The van der Waals surface area contributed by atoms with Crippen LogP contribution in [0.5, 0.6) is 0 Å². The predicted octanol–water partition coefficient (Wildman–Crippen LogP) is 2.48. The molecule has 0 bridgehead atoms. The fraction of sp³-hybridized carbons (Fsp3) is 0.480. The molecular formula is C25H31FN6O. The Morgan fingerprint density at radius 2 is 1.85 bits per heavy atom. The summed E-state index contributed by atoms with van der Waals surface area (Å²) >= 11 is 0. The zero-order valence-electron chi connectivity index (χ0n) is 18.9. The van der Waals surface area contributed by atoms with Crippen LogP contribution < -0.4 is 16.3 Å². The first-order chi connectivity index (χ1) is 16.1. The lowest BCUT2D eigenvalue weighted by molar-refractivity contribution is 0.252. The molecule has 33 heavy (non-hydrogen) atoms. The van der Waals surface area contributed by atoms with Crippen LogP contribution in [0.4, 0.5) is 10.2 Å². The van der Waals surface area contributed by atoms with Crippen LogP contribution in [0.25, 0.3) is 10.9 Å². The summed E-state index contributed by atoms with van der Waals surface area (Å²) in [6.45, 7) is 4.97. The van der Waals surface area contributed by atoms with Gasteiger partial charge in [-0.05, 0) is 50.4 Å². The largest absolute Gasteiger partial charge is 0.354 e. The normalized spacial score (nSPS) is 19.1. The van der Waals surface area contributed by atoms with E-state index in [9.17, 15) is 9.18 Å². The van der Waals surface area contributed by atoms with E-state index in [0.29, 0.717) is 30.7 Å². The van der Waals surface area contributed by atoms with Crippen molar-refractivity contribution < 1.29 is 4.39 Å². The van der Waals surface area contributed by atoms with Crippen LogP contribution in [0.2, 0.25) is 0 Å². The highest BCUT2D eigenvalue weighted by Gasteiger charge is 2.24. The molecule has 1 aliphatic heterocycles. The van der Waals surface area contributed by atoms with Gasteiger partial charge in [-0.3, -0.25) is 9.69 Å². The number of para-hydroxylation sites is 1. The van der Waals surface area contributed by atoms with Crippen molar-refractivity contribution in [1.29, 1.82) is 0 Å². The Morgan fingerprint density at radius 3 is 2.70 bits per heavy atom. The standard InChI is InChI=1S/C25H31FN6O/c26-19-9-10-22-20(17-19)25(33)32(27)24(29-22)7-3-4-12-30-13-15-31(16-14-30)23-11-8-18-5-1-2-6-21(18)28-23/h1-2,5-6,8,11,19H,3-4,7,9-10,12-17,27H2. The highest BCUT2D eigenvalue weighted by Crippen LogP contribution is 2.21. The molecule has 0 saturated carbocycles. The Balaban J connectivity index is 1.10. The van der Waals surface area contributed by atoms with E-state index in [1.165, 1.54) is 5.39 Å². The summed E-state index contributed by atoms with van der Waals surface area (Å²) in [5, 5.41) is 1.17. The first-order valence-electron chi connectivity index (χ1n) is 11.9. The summed E-state index contributed by atoms with van der Waals surface area (Å²) in [7, 11) is 0. The molecule has 1 fully saturated rings.